The van der Waals surface area contributed by atoms with Gasteiger partial charge in [-0.2, -0.15) is 0 Å². The quantitative estimate of drug-likeness (QED) is 0.656. The summed E-state index contributed by atoms with van der Waals surface area (Å²) in [5, 5.41) is 0. The number of halogens is 1. The third-order valence-corrected chi connectivity index (χ3v) is 3.21. The Morgan fingerprint density at radius 2 is 2.15 bits per heavy atom. The van der Waals surface area contributed by atoms with Crippen LogP contribution < -0.4 is 5.73 Å². The molecule has 0 atom stereocenters. The maximum atomic E-state index is 13.2. The summed E-state index contributed by atoms with van der Waals surface area (Å²) in [5.41, 5.74) is 5.32. The van der Waals surface area contributed by atoms with Crippen molar-refractivity contribution < 1.29 is 18.7 Å². The number of nitrogen functional groups attached to an aromatic ring is 1. The van der Waals surface area contributed by atoms with Crippen LogP contribution in [0.1, 0.15) is 30.1 Å². The minimum Gasteiger partial charge on any atom is -0.452 e. The molecule has 0 heterocycles. The molecule has 0 unspecified atom stereocenters. The number of likely N-dealkylation sites (N-methyl/N-ethyl adjacent to an activating group) is 1. The lowest BCUT2D eigenvalue weighted by Crippen LogP contribution is -2.36. The van der Waals surface area contributed by atoms with Gasteiger partial charge in [0.2, 0.25) is 0 Å². The number of nitrogens with zero attached hydrogens (tertiary/aromatic N) is 1. The third kappa shape index (κ3) is 3.26. The Morgan fingerprint density at radius 3 is 2.70 bits per heavy atom. The molecule has 5 nitrogen and oxygen atoms in total. The van der Waals surface area contributed by atoms with Crippen LogP contribution in [-0.4, -0.2) is 36.0 Å². The van der Waals surface area contributed by atoms with Crippen LogP contribution in [-0.2, 0) is 9.53 Å². The Kier molecular flexibility index (Phi) is 4.22. The first-order valence-corrected chi connectivity index (χ1v) is 6.54. The van der Waals surface area contributed by atoms with E-state index in [9.17, 15) is 14.0 Å². The molecular formula is C14H17FN2O3. The molecule has 20 heavy (non-hydrogen) atoms. The first-order chi connectivity index (χ1) is 9.52. The van der Waals surface area contributed by atoms with Crippen LogP contribution in [0.25, 0.3) is 0 Å². The maximum Gasteiger partial charge on any atom is 0.338 e. The van der Waals surface area contributed by atoms with Gasteiger partial charge in [-0.15, -0.1) is 0 Å². The number of nitrogens with two attached hydrogens (primary N) is 1. The second-order valence-corrected chi connectivity index (χ2v) is 4.72. The first kappa shape index (κ1) is 14.3. The Labute approximate surface area is 116 Å². The lowest BCUT2D eigenvalue weighted by atomic mass is 10.2. The molecule has 2 N–H and O–H groups in total. The topological polar surface area (TPSA) is 72.6 Å². The van der Waals surface area contributed by atoms with E-state index in [1.165, 1.54) is 12.1 Å². The number of rotatable bonds is 5. The zero-order valence-electron chi connectivity index (χ0n) is 11.3. The number of benzene rings is 1. The van der Waals surface area contributed by atoms with E-state index in [-0.39, 0.29) is 29.8 Å². The highest BCUT2D eigenvalue weighted by molar-refractivity contribution is 5.91. The Bertz CT molecular complexity index is 529. The zero-order chi connectivity index (χ0) is 14.7. The summed E-state index contributed by atoms with van der Waals surface area (Å²) in [4.78, 5) is 25.3. The van der Waals surface area contributed by atoms with Crippen molar-refractivity contribution in [2.45, 2.75) is 25.8 Å². The minimum atomic E-state index is -0.732. The Hall–Kier alpha value is -2.11. The van der Waals surface area contributed by atoms with E-state index in [0.29, 0.717) is 6.54 Å². The summed E-state index contributed by atoms with van der Waals surface area (Å²) in [5.74, 6) is -1.64. The van der Waals surface area contributed by atoms with Crippen LogP contribution in [0.15, 0.2) is 18.2 Å². The van der Waals surface area contributed by atoms with Crippen LogP contribution in [0.5, 0.6) is 0 Å². The first-order valence-electron chi connectivity index (χ1n) is 6.54. The molecule has 0 spiro atoms. The molecule has 1 amide bonds. The summed E-state index contributed by atoms with van der Waals surface area (Å²) >= 11 is 0. The average molecular weight is 280 g/mol. The predicted octanol–water partition coefficient (Wildman–Crippen LogP) is 1.58. The lowest BCUT2D eigenvalue weighted by Gasteiger charge is -2.19. The number of carbonyl (C=O) groups is 2. The lowest BCUT2D eigenvalue weighted by molar-refractivity contribution is -0.134. The van der Waals surface area contributed by atoms with Gasteiger partial charge in [0.15, 0.2) is 6.61 Å². The van der Waals surface area contributed by atoms with E-state index in [0.717, 1.165) is 18.9 Å². The van der Waals surface area contributed by atoms with Crippen LogP contribution >= 0.6 is 0 Å². The number of carbonyl (C=O) groups excluding carboxylic acids is 2. The van der Waals surface area contributed by atoms with Crippen molar-refractivity contribution in [1.29, 1.82) is 0 Å². The van der Waals surface area contributed by atoms with Gasteiger partial charge in [-0.25, -0.2) is 9.18 Å². The molecule has 0 saturated heterocycles. The fourth-order valence-electron chi connectivity index (χ4n) is 1.97. The number of esters is 1. The molecule has 1 aliphatic rings. The van der Waals surface area contributed by atoms with Gasteiger partial charge in [0.25, 0.3) is 5.91 Å². The molecule has 0 aromatic heterocycles. The van der Waals surface area contributed by atoms with Gasteiger partial charge in [0, 0.05) is 12.6 Å². The van der Waals surface area contributed by atoms with Gasteiger partial charge in [-0.3, -0.25) is 4.79 Å². The molecule has 0 bridgehead atoms. The third-order valence-electron chi connectivity index (χ3n) is 3.21. The molecule has 0 radical (unpaired) electrons. The molecule has 1 aliphatic carbocycles. The Balaban J connectivity index is 1.91. The van der Waals surface area contributed by atoms with E-state index in [4.69, 9.17) is 10.5 Å². The van der Waals surface area contributed by atoms with Gasteiger partial charge >= 0.3 is 5.97 Å². The number of hydrogen-bond acceptors (Lipinski definition) is 4. The summed E-state index contributed by atoms with van der Waals surface area (Å²) in [6.07, 6.45) is 1.99. The standard InChI is InChI=1S/C14H17FN2O3/c1-2-17(10-4-5-10)13(18)8-20-14(19)9-3-6-12(16)11(15)7-9/h3,6-7,10H,2,4-5,8,16H2,1H3. The number of anilines is 1. The van der Waals surface area contributed by atoms with Crippen LogP contribution in [0, 0.1) is 5.82 Å². The fraction of sp³-hybridized carbons (Fsp3) is 0.429. The molecule has 6 heteroatoms. The summed E-state index contributed by atoms with van der Waals surface area (Å²) in [6.45, 7) is 2.15. The zero-order valence-corrected chi connectivity index (χ0v) is 11.3. The van der Waals surface area contributed by atoms with Gasteiger partial charge < -0.3 is 15.4 Å². The minimum absolute atomic E-state index is 0.0384. The predicted molar refractivity (Wildman–Crippen MR) is 71.5 cm³/mol. The van der Waals surface area contributed by atoms with Crippen molar-refractivity contribution in [2.75, 3.05) is 18.9 Å². The van der Waals surface area contributed by atoms with Crippen molar-refractivity contribution in [3.63, 3.8) is 0 Å². The fourth-order valence-corrected chi connectivity index (χ4v) is 1.97. The van der Waals surface area contributed by atoms with Crippen LogP contribution in [0.4, 0.5) is 10.1 Å². The number of hydrogen-bond donors (Lipinski definition) is 1. The maximum absolute atomic E-state index is 13.2. The largest absolute Gasteiger partial charge is 0.452 e. The summed E-state index contributed by atoms with van der Waals surface area (Å²) < 4.78 is 18.1. The second kappa shape index (κ2) is 5.90. The van der Waals surface area contributed by atoms with Crippen molar-refractivity contribution in [2.24, 2.45) is 0 Å². The SMILES string of the molecule is CCN(C(=O)COC(=O)c1ccc(N)c(F)c1)C1CC1. The summed E-state index contributed by atoms with van der Waals surface area (Å²) in [6, 6.07) is 3.93. The highest BCUT2D eigenvalue weighted by Crippen LogP contribution is 2.26. The normalized spacial score (nSPS) is 13.9. The molecule has 0 aliphatic heterocycles. The van der Waals surface area contributed by atoms with Crippen molar-refractivity contribution in [3.8, 4) is 0 Å². The average Bonchev–Trinajstić information content (AvgIpc) is 3.24. The molecular weight excluding hydrogens is 263 g/mol. The highest BCUT2D eigenvalue weighted by Gasteiger charge is 2.31. The molecule has 1 fully saturated rings. The van der Waals surface area contributed by atoms with Gasteiger partial charge in [0.05, 0.1) is 11.3 Å². The van der Waals surface area contributed by atoms with E-state index < -0.39 is 11.8 Å². The summed E-state index contributed by atoms with van der Waals surface area (Å²) in [7, 11) is 0. The van der Waals surface area contributed by atoms with E-state index >= 15 is 0 Å². The van der Waals surface area contributed by atoms with Crippen LogP contribution in [0.3, 0.4) is 0 Å². The number of ether oxygens (including phenoxy) is 1. The molecule has 108 valence electrons. The molecule has 1 aromatic rings. The van der Waals surface area contributed by atoms with Crippen molar-refractivity contribution in [1.82, 2.24) is 4.90 Å². The Morgan fingerprint density at radius 1 is 1.45 bits per heavy atom. The van der Waals surface area contributed by atoms with E-state index in [2.05, 4.69) is 0 Å². The monoisotopic (exact) mass is 280 g/mol. The second-order valence-electron chi connectivity index (χ2n) is 4.72. The van der Waals surface area contributed by atoms with Crippen LogP contribution in [0.2, 0.25) is 0 Å². The van der Waals surface area contributed by atoms with Gasteiger partial charge in [-0.1, -0.05) is 0 Å². The molecule has 1 saturated carbocycles. The van der Waals surface area contributed by atoms with Gasteiger partial charge in [-0.05, 0) is 38.0 Å². The highest BCUT2D eigenvalue weighted by atomic mass is 19.1. The van der Waals surface area contributed by atoms with E-state index in [1.807, 2.05) is 6.92 Å². The molecule has 2 rings (SSSR count). The van der Waals surface area contributed by atoms with Crippen molar-refractivity contribution in [3.05, 3.63) is 29.6 Å². The molecule has 1 aromatic carbocycles. The number of amides is 1. The van der Waals surface area contributed by atoms with E-state index in [1.54, 1.807) is 4.90 Å². The van der Waals surface area contributed by atoms with Crippen molar-refractivity contribution >= 4 is 17.6 Å². The van der Waals surface area contributed by atoms with Gasteiger partial charge in [0.1, 0.15) is 5.82 Å². The smallest absolute Gasteiger partial charge is 0.338 e.